The Morgan fingerprint density at radius 3 is 2.62 bits per heavy atom. The van der Waals surface area contributed by atoms with Gasteiger partial charge in [0.2, 0.25) is 5.91 Å². The molecule has 0 atom stereocenters. The van der Waals surface area contributed by atoms with E-state index in [4.69, 9.17) is 0 Å². The quantitative estimate of drug-likeness (QED) is 0.722. The molecule has 16 heavy (non-hydrogen) atoms. The van der Waals surface area contributed by atoms with Gasteiger partial charge in [-0.25, -0.2) is 0 Å². The van der Waals surface area contributed by atoms with Crippen LogP contribution in [0.25, 0.3) is 10.9 Å². The lowest BCUT2D eigenvalue weighted by Crippen LogP contribution is -2.15. The number of hydrogen-bond acceptors (Lipinski definition) is 2. The van der Waals surface area contributed by atoms with Crippen LogP contribution in [0.5, 0.6) is 0 Å². The zero-order valence-corrected chi connectivity index (χ0v) is 9.31. The molecular weight excluding hydrogens is 202 g/mol. The number of aromatic nitrogens is 1. The van der Waals surface area contributed by atoms with E-state index in [0.29, 0.717) is 5.56 Å². The van der Waals surface area contributed by atoms with Crippen LogP contribution in [-0.2, 0) is 0 Å². The molecule has 0 radical (unpaired) electrons. The third-order valence-corrected chi connectivity index (χ3v) is 2.60. The van der Waals surface area contributed by atoms with E-state index in [9.17, 15) is 9.59 Å². The van der Waals surface area contributed by atoms with Crippen LogP contribution < -0.4 is 0 Å². The molecule has 1 aromatic heterocycles. The Hall–Kier alpha value is -1.90. The van der Waals surface area contributed by atoms with Crippen LogP contribution in [0.4, 0.5) is 0 Å². The highest BCUT2D eigenvalue weighted by atomic mass is 16.2. The number of carbonyl (C=O) groups is 2. The predicted octanol–water partition coefficient (Wildman–Crippen LogP) is 2.75. The second-order valence-electron chi connectivity index (χ2n) is 4.08. The first-order valence-electron chi connectivity index (χ1n) is 5.24. The molecule has 3 heteroatoms. The Kier molecular flexibility index (Phi) is 2.60. The van der Waals surface area contributed by atoms with Gasteiger partial charge in [-0.1, -0.05) is 32.0 Å². The minimum absolute atomic E-state index is 0.00398. The number of carbonyl (C=O) groups excluding carboxylic acids is 2. The summed E-state index contributed by atoms with van der Waals surface area (Å²) < 4.78 is 1.56. The van der Waals surface area contributed by atoms with Crippen molar-refractivity contribution >= 4 is 23.1 Å². The van der Waals surface area contributed by atoms with Crippen molar-refractivity contribution < 1.29 is 9.59 Å². The Morgan fingerprint density at radius 2 is 2.00 bits per heavy atom. The van der Waals surface area contributed by atoms with Gasteiger partial charge in [0.25, 0.3) is 0 Å². The Balaban J connectivity index is 2.71. The molecule has 0 aliphatic heterocycles. The summed E-state index contributed by atoms with van der Waals surface area (Å²) in [6, 6.07) is 7.42. The van der Waals surface area contributed by atoms with Gasteiger partial charge in [-0.05, 0) is 6.07 Å². The Morgan fingerprint density at radius 1 is 1.31 bits per heavy atom. The van der Waals surface area contributed by atoms with E-state index in [1.165, 1.54) is 0 Å². The molecule has 0 saturated heterocycles. The van der Waals surface area contributed by atoms with Crippen molar-refractivity contribution in [3.05, 3.63) is 36.0 Å². The smallest absolute Gasteiger partial charge is 0.233 e. The van der Waals surface area contributed by atoms with Crippen LogP contribution in [0, 0.1) is 5.92 Å². The van der Waals surface area contributed by atoms with Gasteiger partial charge in [-0.2, -0.15) is 0 Å². The molecule has 0 spiro atoms. The molecule has 0 aliphatic carbocycles. The molecule has 2 rings (SSSR count). The van der Waals surface area contributed by atoms with Gasteiger partial charge < -0.3 is 0 Å². The molecule has 0 N–H and O–H groups in total. The van der Waals surface area contributed by atoms with E-state index in [1.54, 1.807) is 10.8 Å². The molecule has 0 bridgehead atoms. The number of benzene rings is 1. The minimum Gasteiger partial charge on any atom is -0.298 e. The number of rotatable bonds is 2. The fraction of sp³-hybridized carbons (Fsp3) is 0.231. The molecule has 0 fully saturated rings. The van der Waals surface area contributed by atoms with Gasteiger partial charge in [0.1, 0.15) is 0 Å². The van der Waals surface area contributed by atoms with Gasteiger partial charge in [-0.15, -0.1) is 0 Å². The Bertz CT molecular complexity index is 552. The van der Waals surface area contributed by atoms with Crippen LogP contribution in [0.3, 0.4) is 0 Å². The highest BCUT2D eigenvalue weighted by Gasteiger charge is 2.15. The largest absolute Gasteiger partial charge is 0.298 e. The average Bonchev–Trinajstić information content (AvgIpc) is 2.66. The van der Waals surface area contributed by atoms with Gasteiger partial charge in [0.05, 0.1) is 5.52 Å². The second kappa shape index (κ2) is 3.93. The summed E-state index contributed by atoms with van der Waals surface area (Å²) in [7, 11) is 0. The van der Waals surface area contributed by atoms with Crippen molar-refractivity contribution in [2.45, 2.75) is 13.8 Å². The first-order chi connectivity index (χ1) is 7.65. The lowest BCUT2D eigenvalue weighted by Gasteiger charge is -2.06. The first kappa shape index (κ1) is 10.6. The highest BCUT2D eigenvalue weighted by molar-refractivity contribution is 6.02. The average molecular weight is 215 g/mol. The van der Waals surface area contributed by atoms with Crippen molar-refractivity contribution in [2.75, 3.05) is 0 Å². The SMILES string of the molecule is CC(C)C(=O)n1cc(C=O)c2ccccc21. The molecular formula is C13H13NO2. The summed E-state index contributed by atoms with van der Waals surface area (Å²) in [6.07, 6.45) is 2.40. The topological polar surface area (TPSA) is 39.1 Å². The summed E-state index contributed by atoms with van der Waals surface area (Å²) in [5.74, 6) is -0.0837. The molecule has 1 heterocycles. The normalized spacial score (nSPS) is 10.9. The van der Waals surface area contributed by atoms with Gasteiger partial charge >= 0.3 is 0 Å². The maximum atomic E-state index is 11.9. The van der Waals surface area contributed by atoms with E-state index < -0.39 is 0 Å². The third kappa shape index (κ3) is 1.54. The van der Waals surface area contributed by atoms with E-state index in [0.717, 1.165) is 17.2 Å². The molecule has 1 aromatic carbocycles. The van der Waals surface area contributed by atoms with E-state index in [-0.39, 0.29) is 11.8 Å². The standard InChI is InChI=1S/C13H13NO2/c1-9(2)13(16)14-7-10(8-15)11-5-3-4-6-12(11)14/h3-9H,1-2H3. The number of para-hydroxylation sites is 1. The Labute approximate surface area is 93.7 Å². The van der Waals surface area contributed by atoms with Crippen molar-refractivity contribution in [2.24, 2.45) is 5.92 Å². The van der Waals surface area contributed by atoms with Crippen molar-refractivity contribution in [3.8, 4) is 0 Å². The number of aldehydes is 1. The van der Waals surface area contributed by atoms with E-state index >= 15 is 0 Å². The number of nitrogens with zero attached hydrogens (tertiary/aromatic N) is 1. The minimum atomic E-state index is -0.0877. The lowest BCUT2D eigenvalue weighted by molar-refractivity contribution is 0.0861. The fourth-order valence-corrected chi connectivity index (χ4v) is 1.76. The predicted molar refractivity (Wildman–Crippen MR) is 62.8 cm³/mol. The first-order valence-corrected chi connectivity index (χ1v) is 5.24. The molecule has 0 aliphatic rings. The van der Waals surface area contributed by atoms with Crippen LogP contribution in [0.1, 0.15) is 29.0 Å². The summed E-state index contributed by atoms with van der Waals surface area (Å²) in [5.41, 5.74) is 1.35. The molecule has 3 nitrogen and oxygen atoms in total. The van der Waals surface area contributed by atoms with Crippen LogP contribution >= 0.6 is 0 Å². The summed E-state index contributed by atoms with van der Waals surface area (Å²) in [4.78, 5) is 22.8. The summed E-state index contributed by atoms with van der Waals surface area (Å²) in [5, 5.41) is 0.825. The maximum absolute atomic E-state index is 11.9. The molecule has 2 aromatic rings. The van der Waals surface area contributed by atoms with Gasteiger partial charge in [0, 0.05) is 23.1 Å². The monoisotopic (exact) mass is 215 g/mol. The van der Waals surface area contributed by atoms with Gasteiger partial charge in [0.15, 0.2) is 6.29 Å². The zero-order chi connectivity index (χ0) is 11.7. The number of fused-ring (bicyclic) bond motifs is 1. The van der Waals surface area contributed by atoms with Crippen molar-refractivity contribution in [3.63, 3.8) is 0 Å². The highest BCUT2D eigenvalue weighted by Crippen LogP contribution is 2.20. The molecule has 0 unspecified atom stereocenters. The third-order valence-electron chi connectivity index (χ3n) is 2.60. The summed E-state index contributed by atoms with van der Waals surface area (Å²) in [6.45, 7) is 3.69. The van der Waals surface area contributed by atoms with E-state index in [1.807, 2.05) is 38.1 Å². The van der Waals surface area contributed by atoms with Gasteiger partial charge in [-0.3, -0.25) is 14.2 Å². The second-order valence-corrected chi connectivity index (χ2v) is 4.08. The van der Waals surface area contributed by atoms with Crippen LogP contribution in [-0.4, -0.2) is 16.8 Å². The van der Waals surface area contributed by atoms with E-state index in [2.05, 4.69) is 0 Å². The van der Waals surface area contributed by atoms with Crippen molar-refractivity contribution in [1.29, 1.82) is 0 Å². The molecule has 0 saturated carbocycles. The van der Waals surface area contributed by atoms with Crippen molar-refractivity contribution in [1.82, 2.24) is 4.57 Å². The van der Waals surface area contributed by atoms with Crippen LogP contribution in [0.2, 0.25) is 0 Å². The van der Waals surface area contributed by atoms with Crippen LogP contribution in [0.15, 0.2) is 30.5 Å². The summed E-state index contributed by atoms with van der Waals surface area (Å²) >= 11 is 0. The molecule has 0 amide bonds. The number of hydrogen-bond donors (Lipinski definition) is 0. The maximum Gasteiger partial charge on any atom is 0.233 e. The lowest BCUT2D eigenvalue weighted by atomic mass is 10.2. The fourth-order valence-electron chi connectivity index (χ4n) is 1.76. The molecule has 82 valence electrons. The zero-order valence-electron chi connectivity index (χ0n) is 9.31.